The molecule has 17 heavy (non-hydrogen) atoms. The number of hydrogen-bond donors (Lipinski definition) is 1. The predicted molar refractivity (Wildman–Crippen MR) is 62.6 cm³/mol. The maximum atomic E-state index is 12.1. The second-order valence-electron chi connectivity index (χ2n) is 4.82. The third kappa shape index (κ3) is 2.43. The van der Waals surface area contributed by atoms with E-state index in [9.17, 15) is 9.59 Å². The summed E-state index contributed by atoms with van der Waals surface area (Å²) in [6, 6.07) is -0.0232. The molecule has 2 heterocycles. The zero-order chi connectivity index (χ0) is 12.4. The van der Waals surface area contributed by atoms with E-state index in [-0.39, 0.29) is 11.9 Å². The summed E-state index contributed by atoms with van der Waals surface area (Å²) >= 11 is 0. The Morgan fingerprint density at radius 1 is 1.24 bits per heavy atom. The molecule has 5 heteroatoms. The molecule has 0 spiro atoms. The highest BCUT2D eigenvalue weighted by molar-refractivity contribution is 5.78. The van der Waals surface area contributed by atoms with Gasteiger partial charge in [-0.1, -0.05) is 19.1 Å². The zero-order valence-corrected chi connectivity index (χ0v) is 10.0. The van der Waals surface area contributed by atoms with E-state index < -0.39 is 11.9 Å². The first-order valence-corrected chi connectivity index (χ1v) is 6.01. The molecular formula is C12H18N2O3. The van der Waals surface area contributed by atoms with Gasteiger partial charge in [-0.25, -0.2) is 4.79 Å². The van der Waals surface area contributed by atoms with E-state index in [2.05, 4.69) is 6.08 Å². The van der Waals surface area contributed by atoms with Crippen LogP contribution in [0.25, 0.3) is 0 Å². The second-order valence-corrected chi connectivity index (χ2v) is 4.82. The molecule has 0 bridgehead atoms. The van der Waals surface area contributed by atoms with Crippen molar-refractivity contribution in [2.45, 2.75) is 13.3 Å². The fraction of sp³-hybridized carbons (Fsp3) is 0.667. The van der Waals surface area contributed by atoms with E-state index in [1.807, 2.05) is 13.0 Å². The average molecular weight is 238 g/mol. The Kier molecular flexibility index (Phi) is 3.36. The highest BCUT2D eigenvalue weighted by atomic mass is 16.4. The van der Waals surface area contributed by atoms with Crippen molar-refractivity contribution in [3.63, 3.8) is 0 Å². The Labute approximate surface area is 101 Å². The van der Waals surface area contributed by atoms with E-state index in [0.29, 0.717) is 19.6 Å². The van der Waals surface area contributed by atoms with Gasteiger partial charge in [0, 0.05) is 26.2 Å². The van der Waals surface area contributed by atoms with Crippen molar-refractivity contribution in [1.29, 1.82) is 0 Å². The van der Waals surface area contributed by atoms with Gasteiger partial charge in [-0.05, 0) is 12.3 Å². The molecule has 5 nitrogen and oxygen atoms in total. The van der Waals surface area contributed by atoms with Gasteiger partial charge < -0.3 is 14.9 Å². The molecule has 94 valence electrons. The Morgan fingerprint density at radius 3 is 2.53 bits per heavy atom. The standard InChI is InChI=1S/C12H18N2O3/c1-9-7-14(8-10(9)11(15)16)12(17)13-5-3-2-4-6-13/h2-3,9-10H,4-8H2,1H3,(H,15,16). The van der Waals surface area contributed by atoms with Crippen molar-refractivity contribution in [1.82, 2.24) is 9.80 Å². The summed E-state index contributed by atoms with van der Waals surface area (Å²) in [5.74, 6) is -1.18. The molecule has 1 saturated heterocycles. The van der Waals surface area contributed by atoms with Gasteiger partial charge in [0.05, 0.1) is 5.92 Å². The Morgan fingerprint density at radius 2 is 2.00 bits per heavy atom. The van der Waals surface area contributed by atoms with Gasteiger partial charge in [0.2, 0.25) is 0 Å². The van der Waals surface area contributed by atoms with Crippen LogP contribution in [0.2, 0.25) is 0 Å². The molecule has 0 aromatic heterocycles. The maximum Gasteiger partial charge on any atom is 0.320 e. The molecule has 2 rings (SSSR count). The molecule has 2 unspecified atom stereocenters. The van der Waals surface area contributed by atoms with Crippen molar-refractivity contribution in [2.24, 2.45) is 11.8 Å². The van der Waals surface area contributed by atoms with E-state index in [0.717, 1.165) is 13.0 Å². The number of hydrogen-bond acceptors (Lipinski definition) is 2. The second kappa shape index (κ2) is 4.77. The highest BCUT2D eigenvalue weighted by Crippen LogP contribution is 2.24. The molecule has 0 aromatic rings. The van der Waals surface area contributed by atoms with Crippen LogP contribution in [0.4, 0.5) is 4.79 Å². The molecule has 1 N–H and O–H groups in total. The summed E-state index contributed by atoms with van der Waals surface area (Å²) < 4.78 is 0. The van der Waals surface area contributed by atoms with Crippen LogP contribution in [-0.4, -0.2) is 53.1 Å². The van der Waals surface area contributed by atoms with Gasteiger partial charge in [-0.3, -0.25) is 4.79 Å². The van der Waals surface area contributed by atoms with Gasteiger partial charge >= 0.3 is 12.0 Å². The lowest BCUT2D eigenvalue weighted by Crippen LogP contribution is -2.43. The number of amides is 2. The molecule has 2 amide bonds. The lowest BCUT2D eigenvalue weighted by molar-refractivity contribution is -0.142. The van der Waals surface area contributed by atoms with Gasteiger partial charge in [0.1, 0.15) is 0 Å². The van der Waals surface area contributed by atoms with Crippen LogP contribution in [0.3, 0.4) is 0 Å². The first kappa shape index (κ1) is 12.0. The summed E-state index contributed by atoms with van der Waals surface area (Å²) in [5.41, 5.74) is 0. The minimum absolute atomic E-state index is 0.0232. The van der Waals surface area contributed by atoms with E-state index in [4.69, 9.17) is 5.11 Å². The summed E-state index contributed by atoms with van der Waals surface area (Å²) in [5, 5.41) is 9.03. The van der Waals surface area contributed by atoms with Gasteiger partial charge in [-0.2, -0.15) is 0 Å². The number of carboxylic acid groups (broad SMARTS) is 1. The Balaban J connectivity index is 1.97. The largest absolute Gasteiger partial charge is 0.481 e. The predicted octanol–water partition coefficient (Wildman–Crippen LogP) is 1.02. The number of likely N-dealkylation sites (tertiary alicyclic amines) is 1. The Bertz CT molecular complexity index is 354. The number of rotatable bonds is 1. The average Bonchev–Trinajstić information content (AvgIpc) is 2.71. The van der Waals surface area contributed by atoms with Crippen molar-refractivity contribution in [2.75, 3.05) is 26.2 Å². The van der Waals surface area contributed by atoms with Gasteiger partial charge in [-0.15, -0.1) is 0 Å². The molecule has 0 radical (unpaired) electrons. The number of carboxylic acids is 1. The third-order valence-corrected chi connectivity index (χ3v) is 3.53. The first-order valence-electron chi connectivity index (χ1n) is 6.01. The monoisotopic (exact) mass is 238 g/mol. The zero-order valence-electron chi connectivity index (χ0n) is 10.0. The smallest absolute Gasteiger partial charge is 0.320 e. The van der Waals surface area contributed by atoms with Crippen LogP contribution < -0.4 is 0 Å². The fourth-order valence-electron chi connectivity index (χ4n) is 2.46. The molecule has 0 saturated carbocycles. The summed E-state index contributed by atoms with van der Waals surface area (Å²) in [6.07, 6.45) is 4.93. The Hall–Kier alpha value is -1.52. The lowest BCUT2D eigenvalue weighted by atomic mass is 9.99. The van der Waals surface area contributed by atoms with Crippen molar-refractivity contribution in [3.05, 3.63) is 12.2 Å². The highest BCUT2D eigenvalue weighted by Gasteiger charge is 2.38. The quantitative estimate of drug-likeness (QED) is 0.694. The lowest BCUT2D eigenvalue weighted by Gasteiger charge is -2.28. The fourth-order valence-corrected chi connectivity index (χ4v) is 2.46. The SMILES string of the molecule is CC1CN(C(=O)N2CC=CCC2)CC1C(=O)O. The number of urea groups is 1. The van der Waals surface area contributed by atoms with Gasteiger partial charge in [0.15, 0.2) is 0 Å². The number of nitrogens with zero attached hydrogens (tertiary/aromatic N) is 2. The number of carbonyl (C=O) groups is 2. The molecule has 2 aliphatic rings. The van der Waals surface area contributed by atoms with Crippen LogP contribution in [-0.2, 0) is 4.79 Å². The van der Waals surface area contributed by atoms with Gasteiger partial charge in [0.25, 0.3) is 0 Å². The maximum absolute atomic E-state index is 12.1. The normalized spacial score (nSPS) is 28.5. The van der Waals surface area contributed by atoms with Crippen LogP contribution in [0.1, 0.15) is 13.3 Å². The van der Waals surface area contributed by atoms with Crippen LogP contribution in [0.15, 0.2) is 12.2 Å². The molecular weight excluding hydrogens is 220 g/mol. The van der Waals surface area contributed by atoms with E-state index in [1.54, 1.807) is 9.80 Å². The summed E-state index contributed by atoms with van der Waals surface area (Å²) in [4.78, 5) is 26.6. The molecule has 0 aromatic carbocycles. The number of carbonyl (C=O) groups excluding carboxylic acids is 1. The molecule has 2 aliphatic heterocycles. The number of aliphatic carboxylic acids is 1. The molecule has 2 atom stereocenters. The summed E-state index contributed by atoms with van der Waals surface area (Å²) in [7, 11) is 0. The van der Waals surface area contributed by atoms with Crippen molar-refractivity contribution >= 4 is 12.0 Å². The minimum Gasteiger partial charge on any atom is -0.481 e. The third-order valence-electron chi connectivity index (χ3n) is 3.53. The van der Waals surface area contributed by atoms with Crippen molar-refractivity contribution < 1.29 is 14.7 Å². The van der Waals surface area contributed by atoms with Crippen LogP contribution in [0, 0.1) is 11.8 Å². The molecule has 1 fully saturated rings. The minimum atomic E-state index is -0.800. The summed E-state index contributed by atoms with van der Waals surface area (Å²) in [6.45, 7) is 4.16. The topological polar surface area (TPSA) is 60.9 Å². The van der Waals surface area contributed by atoms with Crippen LogP contribution >= 0.6 is 0 Å². The van der Waals surface area contributed by atoms with Crippen molar-refractivity contribution in [3.8, 4) is 0 Å². The van der Waals surface area contributed by atoms with E-state index in [1.165, 1.54) is 0 Å². The first-order chi connectivity index (χ1) is 8.09. The van der Waals surface area contributed by atoms with Crippen LogP contribution in [0.5, 0.6) is 0 Å². The van der Waals surface area contributed by atoms with E-state index >= 15 is 0 Å². The molecule has 0 aliphatic carbocycles.